The quantitative estimate of drug-likeness (QED) is 0.867. The molecule has 1 aromatic carbocycles. The molecule has 0 radical (unpaired) electrons. The van der Waals surface area contributed by atoms with Gasteiger partial charge in [0.1, 0.15) is 6.33 Å². The fourth-order valence-corrected chi connectivity index (χ4v) is 2.47. The first-order valence-corrected chi connectivity index (χ1v) is 5.76. The van der Waals surface area contributed by atoms with Crippen LogP contribution in [-0.2, 0) is 0 Å². The van der Waals surface area contributed by atoms with Gasteiger partial charge in [-0.1, -0.05) is 15.9 Å². The van der Waals surface area contributed by atoms with Crippen molar-refractivity contribution in [3.63, 3.8) is 0 Å². The van der Waals surface area contributed by atoms with E-state index in [1.165, 1.54) is 10.9 Å². The number of aryl methyl sites for hydroxylation is 2. The summed E-state index contributed by atoms with van der Waals surface area (Å²) in [5.41, 5.74) is 7.66. The molecule has 0 amide bonds. The zero-order valence-corrected chi connectivity index (χ0v) is 11.0. The molecule has 0 aliphatic rings. The van der Waals surface area contributed by atoms with Gasteiger partial charge in [0.2, 0.25) is 5.95 Å². The molecular formula is C11H11BrN4O. The van der Waals surface area contributed by atoms with E-state index in [-0.39, 0.29) is 5.95 Å². The Labute approximate surface area is 106 Å². The minimum atomic E-state index is -0.425. The van der Waals surface area contributed by atoms with Crippen molar-refractivity contribution in [3.8, 4) is 5.69 Å². The van der Waals surface area contributed by atoms with E-state index >= 15 is 0 Å². The second-order valence-corrected chi connectivity index (χ2v) is 4.67. The van der Waals surface area contributed by atoms with Crippen LogP contribution in [0.25, 0.3) is 5.69 Å². The van der Waals surface area contributed by atoms with Gasteiger partial charge in [0.05, 0.1) is 5.69 Å². The van der Waals surface area contributed by atoms with Crippen molar-refractivity contribution in [1.29, 1.82) is 0 Å². The second kappa shape index (κ2) is 4.29. The van der Waals surface area contributed by atoms with Gasteiger partial charge in [-0.3, -0.25) is 4.57 Å². The Bertz CT molecular complexity index is 613. The van der Waals surface area contributed by atoms with Crippen LogP contribution in [0.3, 0.4) is 0 Å². The Kier molecular flexibility index (Phi) is 2.97. The normalized spacial score (nSPS) is 10.5. The summed E-state index contributed by atoms with van der Waals surface area (Å²) in [4.78, 5) is 19.2. The van der Waals surface area contributed by atoms with Crippen molar-refractivity contribution in [3.05, 3.63) is 44.5 Å². The van der Waals surface area contributed by atoms with Crippen LogP contribution in [0, 0.1) is 13.8 Å². The number of rotatable bonds is 1. The van der Waals surface area contributed by atoms with Crippen LogP contribution < -0.4 is 11.4 Å². The van der Waals surface area contributed by atoms with E-state index in [4.69, 9.17) is 5.73 Å². The highest BCUT2D eigenvalue weighted by Crippen LogP contribution is 2.22. The molecule has 0 atom stereocenters. The molecule has 0 saturated carbocycles. The molecule has 6 heteroatoms. The molecule has 0 bridgehead atoms. The summed E-state index contributed by atoms with van der Waals surface area (Å²) in [5, 5.41) is 0. The average Bonchev–Trinajstić information content (AvgIpc) is 2.19. The molecule has 1 heterocycles. The maximum absolute atomic E-state index is 11.7. The molecule has 2 N–H and O–H groups in total. The monoisotopic (exact) mass is 294 g/mol. The Morgan fingerprint density at radius 1 is 1.29 bits per heavy atom. The minimum Gasteiger partial charge on any atom is -0.368 e. The van der Waals surface area contributed by atoms with E-state index in [1.54, 1.807) is 0 Å². The van der Waals surface area contributed by atoms with E-state index in [2.05, 4.69) is 25.9 Å². The molecule has 17 heavy (non-hydrogen) atoms. The topological polar surface area (TPSA) is 73.8 Å². The van der Waals surface area contributed by atoms with Crippen molar-refractivity contribution in [2.45, 2.75) is 13.8 Å². The summed E-state index contributed by atoms with van der Waals surface area (Å²) in [6, 6.07) is 3.87. The fourth-order valence-electron chi connectivity index (χ4n) is 1.78. The Balaban J connectivity index is 2.73. The number of hydrogen-bond acceptors (Lipinski definition) is 4. The van der Waals surface area contributed by atoms with Crippen molar-refractivity contribution in [2.24, 2.45) is 0 Å². The highest BCUT2D eigenvalue weighted by atomic mass is 79.9. The highest BCUT2D eigenvalue weighted by molar-refractivity contribution is 9.10. The molecule has 2 rings (SSSR count). The van der Waals surface area contributed by atoms with Crippen LogP contribution in [0.4, 0.5) is 5.95 Å². The fraction of sp³-hybridized carbons (Fsp3) is 0.182. The second-order valence-electron chi connectivity index (χ2n) is 3.76. The van der Waals surface area contributed by atoms with Crippen LogP contribution >= 0.6 is 15.9 Å². The third-order valence-corrected chi connectivity index (χ3v) is 2.88. The average molecular weight is 295 g/mol. The first kappa shape index (κ1) is 11.8. The molecule has 0 aliphatic heterocycles. The largest absolute Gasteiger partial charge is 0.368 e. The van der Waals surface area contributed by atoms with E-state index in [1.807, 2.05) is 26.0 Å². The Morgan fingerprint density at radius 3 is 2.41 bits per heavy atom. The first-order chi connectivity index (χ1) is 7.99. The first-order valence-electron chi connectivity index (χ1n) is 4.97. The SMILES string of the molecule is Cc1cc(Br)cc(C)c1-n1cnc(N)nc1=O. The third-order valence-electron chi connectivity index (χ3n) is 2.42. The highest BCUT2D eigenvalue weighted by Gasteiger charge is 2.09. The van der Waals surface area contributed by atoms with Gasteiger partial charge in [0.15, 0.2) is 0 Å². The van der Waals surface area contributed by atoms with Crippen LogP contribution in [0.2, 0.25) is 0 Å². The lowest BCUT2D eigenvalue weighted by Gasteiger charge is -2.12. The van der Waals surface area contributed by atoms with Gasteiger partial charge >= 0.3 is 5.69 Å². The van der Waals surface area contributed by atoms with Crippen LogP contribution in [-0.4, -0.2) is 14.5 Å². The molecule has 0 unspecified atom stereocenters. The van der Waals surface area contributed by atoms with Gasteiger partial charge in [-0.25, -0.2) is 9.78 Å². The smallest absolute Gasteiger partial charge is 0.356 e. The van der Waals surface area contributed by atoms with Gasteiger partial charge in [-0.15, -0.1) is 0 Å². The molecule has 5 nitrogen and oxygen atoms in total. The molecular weight excluding hydrogens is 284 g/mol. The predicted molar refractivity (Wildman–Crippen MR) is 69.2 cm³/mol. The zero-order chi connectivity index (χ0) is 12.6. The Morgan fingerprint density at radius 2 is 1.88 bits per heavy atom. The summed E-state index contributed by atoms with van der Waals surface area (Å²) < 4.78 is 2.37. The summed E-state index contributed by atoms with van der Waals surface area (Å²) >= 11 is 3.41. The molecule has 88 valence electrons. The number of halogens is 1. The van der Waals surface area contributed by atoms with Gasteiger partial charge in [-0.05, 0) is 37.1 Å². The maximum Gasteiger partial charge on any atom is 0.356 e. The number of nitrogens with two attached hydrogens (primary N) is 1. The van der Waals surface area contributed by atoms with Crippen molar-refractivity contribution >= 4 is 21.9 Å². The molecule has 0 saturated heterocycles. The number of benzene rings is 1. The number of aromatic nitrogens is 3. The molecule has 0 spiro atoms. The lowest BCUT2D eigenvalue weighted by Crippen LogP contribution is -2.24. The molecule has 0 aliphatic carbocycles. The molecule has 0 fully saturated rings. The summed E-state index contributed by atoms with van der Waals surface area (Å²) in [7, 11) is 0. The lowest BCUT2D eigenvalue weighted by molar-refractivity contribution is 0.855. The van der Waals surface area contributed by atoms with Gasteiger partial charge in [0, 0.05) is 4.47 Å². The van der Waals surface area contributed by atoms with Gasteiger partial charge in [0.25, 0.3) is 0 Å². The Hall–Kier alpha value is -1.69. The summed E-state index contributed by atoms with van der Waals surface area (Å²) in [5.74, 6) is -0.0151. The molecule has 2 aromatic rings. The van der Waals surface area contributed by atoms with Crippen molar-refractivity contribution in [1.82, 2.24) is 14.5 Å². The van der Waals surface area contributed by atoms with E-state index < -0.39 is 5.69 Å². The summed E-state index contributed by atoms with van der Waals surface area (Å²) in [6.07, 6.45) is 1.40. The van der Waals surface area contributed by atoms with Crippen molar-refractivity contribution < 1.29 is 0 Å². The number of anilines is 1. The van der Waals surface area contributed by atoms with Crippen LogP contribution in [0.1, 0.15) is 11.1 Å². The van der Waals surface area contributed by atoms with Gasteiger partial charge < -0.3 is 5.73 Å². The zero-order valence-electron chi connectivity index (χ0n) is 9.44. The van der Waals surface area contributed by atoms with Crippen molar-refractivity contribution in [2.75, 3.05) is 5.73 Å². The standard InChI is InChI=1S/C11H11BrN4O/c1-6-3-8(12)4-7(2)9(6)16-5-14-10(13)15-11(16)17/h3-5H,1-2H3,(H2,13,15,17). The number of hydrogen-bond donors (Lipinski definition) is 1. The van der Waals surface area contributed by atoms with Crippen LogP contribution in [0.5, 0.6) is 0 Å². The van der Waals surface area contributed by atoms with Gasteiger partial charge in [-0.2, -0.15) is 4.98 Å². The van der Waals surface area contributed by atoms with E-state index in [0.717, 1.165) is 21.3 Å². The van der Waals surface area contributed by atoms with Crippen LogP contribution in [0.15, 0.2) is 27.7 Å². The lowest BCUT2D eigenvalue weighted by atomic mass is 10.1. The maximum atomic E-state index is 11.7. The number of nitrogens with zero attached hydrogens (tertiary/aromatic N) is 3. The van der Waals surface area contributed by atoms with E-state index in [0.29, 0.717) is 0 Å². The number of nitrogen functional groups attached to an aromatic ring is 1. The third kappa shape index (κ3) is 2.21. The minimum absolute atomic E-state index is 0.0151. The summed E-state index contributed by atoms with van der Waals surface area (Å²) in [6.45, 7) is 3.85. The predicted octanol–water partition coefficient (Wildman–Crippen LogP) is 1.59. The molecule has 1 aromatic heterocycles. The van der Waals surface area contributed by atoms with E-state index in [9.17, 15) is 4.79 Å².